The number of carboxylic acids is 2. The molecule has 9 nitrogen and oxygen atoms in total. The molecule has 0 amide bonds. The van der Waals surface area contributed by atoms with Gasteiger partial charge < -0.3 is 36.4 Å². The summed E-state index contributed by atoms with van der Waals surface area (Å²) in [6, 6.07) is 0. The molecule has 3 aliphatic carbocycles. The fraction of sp³-hybridized carbons (Fsp3) is 0.462. The topological polar surface area (TPSA) is 126 Å². The number of allylic oxidation sites excluding steroid dienone is 4. The Kier molecular flexibility index (Phi) is 7.33. The fourth-order valence-electron chi connectivity index (χ4n) is 6.16. The molecule has 0 aromatic heterocycles. The van der Waals surface area contributed by atoms with Gasteiger partial charge in [0, 0.05) is 45.3 Å². The number of hydrogen-bond donors (Lipinski definition) is 6. The van der Waals surface area contributed by atoms with Gasteiger partial charge in [0.1, 0.15) is 5.92 Å². The van der Waals surface area contributed by atoms with E-state index in [1.54, 1.807) is 20.2 Å². The number of rotatable bonds is 9. The van der Waals surface area contributed by atoms with E-state index in [1.807, 2.05) is 69.5 Å². The van der Waals surface area contributed by atoms with E-state index in [-0.39, 0.29) is 5.57 Å². The molecule has 3 atom stereocenters. The molecule has 9 heteroatoms. The van der Waals surface area contributed by atoms with E-state index in [0.717, 1.165) is 17.1 Å². The molecular weight excluding hydrogens is 446 g/mol. The van der Waals surface area contributed by atoms with E-state index >= 15 is 0 Å². The van der Waals surface area contributed by atoms with Gasteiger partial charge in [0.15, 0.2) is 0 Å². The molecule has 0 fully saturated rings. The largest absolute Gasteiger partial charge is 0.481 e. The van der Waals surface area contributed by atoms with Crippen LogP contribution in [0, 0.1) is 11.3 Å². The standard InChI is InChI=1S/C26H37N5O4/c1-27-17-9-13-24(29-3,14-10-17)26(25(30-4)15-11-18(28-2)12-16-25)20(31(5)6)8-7-19(22(32)33)21(26)23(34)35/h7-13,15,21,27-30H,14,16H2,1-6H3,(H,32,33)(H,34,35). The Morgan fingerprint density at radius 3 is 1.66 bits per heavy atom. The molecule has 0 radical (unpaired) electrons. The maximum atomic E-state index is 13.2. The van der Waals surface area contributed by atoms with Crippen LogP contribution in [0.15, 0.2) is 71.3 Å². The third-order valence-electron chi connectivity index (χ3n) is 7.80. The molecule has 3 unspecified atom stereocenters. The first-order valence-electron chi connectivity index (χ1n) is 11.7. The lowest BCUT2D eigenvalue weighted by Gasteiger charge is -2.64. The van der Waals surface area contributed by atoms with E-state index in [2.05, 4.69) is 21.3 Å². The fourth-order valence-corrected chi connectivity index (χ4v) is 6.16. The van der Waals surface area contributed by atoms with Crippen LogP contribution >= 0.6 is 0 Å². The van der Waals surface area contributed by atoms with Crippen LogP contribution in [0.3, 0.4) is 0 Å². The molecule has 0 heterocycles. The molecule has 0 aromatic rings. The van der Waals surface area contributed by atoms with Crippen LogP contribution in [-0.4, -0.2) is 80.4 Å². The Labute approximate surface area is 207 Å². The number of nitrogens with one attached hydrogen (secondary N) is 4. The van der Waals surface area contributed by atoms with E-state index in [9.17, 15) is 19.8 Å². The molecule has 0 aliphatic heterocycles. The summed E-state index contributed by atoms with van der Waals surface area (Å²) in [5.74, 6) is -3.81. The van der Waals surface area contributed by atoms with Crippen LogP contribution in [-0.2, 0) is 9.59 Å². The minimum absolute atomic E-state index is 0.152. The van der Waals surface area contributed by atoms with Crippen molar-refractivity contribution < 1.29 is 19.8 Å². The lowest BCUT2D eigenvalue weighted by atomic mass is 9.45. The van der Waals surface area contributed by atoms with Crippen molar-refractivity contribution in [2.24, 2.45) is 11.3 Å². The molecule has 0 spiro atoms. The lowest BCUT2D eigenvalue weighted by Crippen LogP contribution is -2.76. The van der Waals surface area contributed by atoms with Gasteiger partial charge in [-0.15, -0.1) is 0 Å². The molecule has 3 rings (SSSR count). The minimum Gasteiger partial charge on any atom is -0.481 e. The van der Waals surface area contributed by atoms with Crippen molar-refractivity contribution in [3.8, 4) is 0 Å². The van der Waals surface area contributed by atoms with Crippen LogP contribution < -0.4 is 21.3 Å². The molecule has 0 saturated carbocycles. The van der Waals surface area contributed by atoms with Gasteiger partial charge in [-0.3, -0.25) is 4.79 Å². The third-order valence-corrected chi connectivity index (χ3v) is 7.80. The van der Waals surface area contributed by atoms with Gasteiger partial charge in [-0.05, 0) is 51.2 Å². The molecule has 0 bridgehead atoms. The number of hydrogen-bond acceptors (Lipinski definition) is 7. The Balaban J connectivity index is 2.50. The Morgan fingerprint density at radius 2 is 1.37 bits per heavy atom. The van der Waals surface area contributed by atoms with Gasteiger partial charge in [0.25, 0.3) is 0 Å². The summed E-state index contributed by atoms with van der Waals surface area (Å²) >= 11 is 0. The maximum absolute atomic E-state index is 13.2. The first kappa shape index (κ1) is 26.3. The minimum atomic E-state index is -1.37. The highest BCUT2D eigenvalue weighted by Crippen LogP contribution is 2.61. The average molecular weight is 484 g/mol. The van der Waals surface area contributed by atoms with Gasteiger partial charge >= 0.3 is 11.9 Å². The van der Waals surface area contributed by atoms with Gasteiger partial charge in [-0.2, -0.15) is 0 Å². The highest BCUT2D eigenvalue weighted by molar-refractivity contribution is 5.96. The molecule has 3 aliphatic rings. The van der Waals surface area contributed by atoms with Gasteiger partial charge in [0.05, 0.1) is 22.1 Å². The quantitative estimate of drug-likeness (QED) is 0.287. The summed E-state index contributed by atoms with van der Waals surface area (Å²) < 4.78 is 0. The van der Waals surface area contributed by atoms with Gasteiger partial charge in [0.2, 0.25) is 0 Å². The maximum Gasteiger partial charge on any atom is 0.332 e. The Morgan fingerprint density at radius 1 is 0.886 bits per heavy atom. The van der Waals surface area contributed by atoms with E-state index < -0.39 is 34.3 Å². The SMILES string of the molecule is CNC1=CCC(NC)(C2(C3(NC)C=CC(NC)=CC3)C(N(C)C)=CC=C(C(=O)O)C2C(=O)O)C=C1. The van der Waals surface area contributed by atoms with Gasteiger partial charge in [-0.25, -0.2) is 4.79 Å². The monoisotopic (exact) mass is 483 g/mol. The van der Waals surface area contributed by atoms with Crippen molar-refractivity contribution in [2.75, 3.05) is 42.3 Å². The second-order valence-electron chi connectivity index (χ2n) is 9.29. The van der Waals surface area contributed by atoms with E-state index in [0.29, 0.717) is 12.8 Å². The van der Waals surface area contributed by atoms with Crippen molar-refractivity contribution in [1.29, 1.82) is 0 Å². The van der Waals surface area contributed by atoms with Crippen molar-refractivity contribution >= 4 is 11.9 Å². The Hall–Kier alpha value is -3.30. The molecule has 6 N–H and O–H groups in total. The molecule has 0 saturated heterocycles. The summed E-state index contributed by atoms with van der Waals surface area (Å²) in [7, 11) is 11.0. The van der Waals surface area contributed by atoms with Crippen molar-refractivity contribution in [1.82, 2.24) is 26.2 Å². The third kappa shape index (κ3) is 3.79. The highest BCUT2D eigenvalue weighted by atomic mass is 16.4. The van der Waals surface area contributed by atoms with Crippen LogP contribution in [0.5, 0.6) is 0 Å². The first-order valence-corrected chi connectivity index (χ1v) is 11.7. The van der Waals surface area contributed by atoms with E-state index in [4.69, 9.17) is 0 Å². The summed E-state index contributed by atoms with van der Waals surface area (Å²) in [5, 5.41) is 34.2. The zero-order chi connectivity index (χ0) is 26.0. The summed E-state index contributed by atoms with van der Waals surface area (Å²) in [6.45, 7) is 0. The second-order valence-corrected chi connectivity index (χ2v) is 9.29. The molecule has 190 valence electrons. The van der Waals surface area contributed by atoms with Crippen LogP contribution in [0.4, 0.5) is 0 Å². The van der Waals surface area contributed by atoms with Crippen LogP contribution in [0.1, 0.15) is 12.8 Å². The molecular formula is C26H37N5O4. The molecule has 35 heavy (non-hydrogen) atoms. The summed E-state index contributed by atoms with van der Waals surface area (Å²) in [6.07, 6.45) is 16.0. The zero-order valence-electron chi connectivity index (χ0n) is 21.3. The van der Waals surface area contributed by atoms with E-state index in [1.165, 1.54) is 6.08 Å². The average Bonchev–Trinajstić information content (AvgIpc) is 2.87. The smallest absolute Gasteiger partial charge is 0.332 e. The summed E-state index contributed by atoms with van der Waals surface area (Å²) in [5.41, 5.74) is -0.822. The number of aliphatic carboxylic acids is 2. The number of likely N-dealkylation sites (N-methyl/N-ethyl adjacent to an activating group) is 4. The zero-order valence-corrected chi connectivity index (χ0v) is 21.3. The second kappa shape index (κ2) is 9.75. The predicted octanol–water partition coefficient (Wildman–Crippen LogP) is 1.19. The number of carboxylic acid groups (broad SMARTS) is 2. The lowest BCUT2D eigenvalue weighted by molar-refractivity contribution is -0.153. The first-order chi connectivity index (χ1) is 16.6. The number of carbonyl (C=O) groups is 2. The predicted molar refractivity (Wildman–Crippen MR) is 136 cm³/mol. The van der Waals surface area contributed by atoms with Crippen LogP contribution in [0.25, 0.3) is 0 Å². The number of nitrogens with zero attached hydrogens (tertiary/aromatic N) is 1. The van der Waals surface area contributed by atoms with Crippen molar-refractivity contribution in [3.63, 3.8) is 0 Å². The molecule has 0 aromatic carbocycles. The summed E-state index contributed by atoms with van der Waals surface area (Å²) in [4.78, 5) is 27.6. The van der Waals surface area contributed by atoms with Crippen molar-refractivity contribution in [3.05, 3.63) is 71.3 Å². The normalized spacial score (nSPS) is 32.1. The van der Waals surface area contributed by atoms with Crippen molar-refractivity contribution in [2.45, 2.75) is 23.9 Å². The Bertz CT molecular complexity index is 1020. The van der Waals surface area contributed by atoms with Crippen LogP contribution in [0.2, 0.25) is 0 Å². The highest BCUT2D eigenvalue weighted by Gasteiger charge is 2.70. The van der Waals surface area contributed by atoms with Gasteiger partial charge in [-0.1, -0.05) is 24.3 Å².